The SMILES string of the molecule is CCCNC1COCC1C(=O)N(C)CC1CC1. The molecule has 0 bridgehead atoms. The number of ether oxygens (including phenoxy) is 1. The van der Waals surface area contributed by atoms with Crippen LogP contribution in [0.1, 0.15) is 26.2 Å². The van der Waals surface area contributed by atoms with E-state index < -0.39 is 0 Å². The molecule has 1 heterocycles. The molecule has 0 aromatic heterocycles. The number of hydrogen-bond donors (Lipinski definition) is 1. The summed E-state index contributed by atoms with van der Waals surface area (Å²) in [5, 5.41) is 3.41. The third-order valence-corrected chi connectivity index (χ3v) is 3.66. The van der Waals surface area contributed by atoms with E-state index in [0.29, 0.717) is 13.2 Å². The van der Waals surface area contributed by atoms with Crippen molar-refractivity contribution in [1.82, 2.24) is 10.2 Å². The Morgan fingerprint density at radius 3 is 2.82 bits per heavy atom. The summed E-state index contributed by atoms with van der Waals surface area (Å²) in [7, 11) is 1.93. The van der Waals surface area contributed by atoms with Crippen molar-refractivity contribution in [3.63, 3.8) is 0 Å². The number of hydrogen-bond acceptors (Lipinski definition) is 3. The van der Waals surface area contributed by atoms with Gasteiger partial charge in [0.15, 0.2) is 0 Å². The van der Waals surface area contributed by atoms with Crippen LogP contribution in [0.2, 0.25) is 0 Å². The van der Waals surface area contributed by atoms with Crippen molar-refractivity contribution in [2.75, 3.05) is 33.4 Å². The van der Waals surface area contributed by atoms with E-state index in [4.69, 9.17) is 4.74 Å². The van der Waals surface area contributed by atoms with Crippen LogP contribution in [0.15, 0.2) is 0 Å². The minimum absolute atomic E-state index is 0.0188. The van der Waals surface area contributed by atoms with Gasteiger partial charge in [0, 0.05) is 19.6 Å². The van der Waals surface area contributed by atoms with Crippen molar-refractivity contribution in [2.45, 2.75) is 32.2 Å². The predicted molar refractivity (Wildman–Crippen MR) is 66.8 cm³/mol. The lowest BCUT2D eigenvalue weighted by Crippen LogP contribution is -2.45. The molecular formula is C13H24N2O2. The lowest BCUT2D eigenvalue weighted by atomic mass is 10.0. The molecule has 1 saturated heterocycles. The number of nitrogens with zero attached hydrogens (tertiary/aromatic N) is 1. The Morgan fingerprint density at radius 1 is 1.41 bits per heavy atom. The molecule has 1 aliphatic heterocycles. The first kappa shape index (κ1) is 12.8. The Hall–Kier alpha value is -0.610. The molecule has 0 aromatic carbocycles. The number of carbonyl (C=O) groups is 1. The van der Waals surface area contributed by atoms with E-state index in [9.17, 15) is 4.79 Å². The second kappa shape index (κ2) is 5.83. The van der Waals surface area contributed by atoms with Crippen LogP contribution in [0.5, 0.6) is 0 Å². The van der Waals surface area contributed by atoms with Crippen molar-refractivity contribution in [1.29, 1.82) is 0 Å². The molecular weight excluding hydrogens is 216 g/mol. The molecule has 4 heteroatoms. The largest absolute Gasteiger partial charge is 0.379 e. The fourth-order valence-electron chi connectivity index (χ4n) is 2.39. The summed E-state index contributed by atoms with van der Waals surface area (Å²) in [5.41, 5.74) is 0. The van der Waals surface area contributed by atoms with Gasteiger partial charge in [-0.3, -0.25) is 4.79 Å². The molecule has 2 aliphatic rings. The van der Waals surface area contributed by atoms with Gasteiger partial charge in [0.05, 0.1) is 19.1 Å². The van der Waals surface area contributed by atoms with E-state index in [0.717, 1.165) is 25.4 Å². The van der Waals surface area contributed by atoms with E-state index >= 15 is 0 Å². The highest BCUT2D eigenvalue weighted by atomic mass is 16.5. The third kappa shape index (κ3) is 3.42. The first-order valence-electron chi connectivity index (χ1n) is 6.78. The maximum Gasteiger partial charge on any atom is 0.229 e. The zero-order chi connectivity index (χ0) is 12.3. The molecule has 0 spiro atoms. The summed E-state index contributed by atoms with van der Waals surface area (Å²) in [6.07, 6.45) is 3.67. The summed E-state index contributed by atoms with van der Waals surface area (Å²) >= 11 is 0. The summed E-state index contributed by atoms with van der Waals surface area (Å²) in [6, 6.07) is 0.212. The molecule has 0 aromatic rings. The Labute approximate surface area is 104 Å². The molecule has 2 fully saturated rings. The molecule has 2 atom stereocenters. The van der Waals surface area contributed by atoms with Crippen LogP contribution in [0, 0.1) is 11.8 Å². The molecule has 4 nitrogen and oxygen atoms in total. The summed E-state index contributed by atoms with van der Waals surface area (Å²) < 4.78 is 5.45. The monoisotopic (exact) mass is 240 g/mol. The molecule has 1 amide bonds. The number of rotatable bonds is 6. The van der Waals surface area contributed by atoms with Crippen molar-refractivity contribution in [2.24, 2.45) is 11.8 Å². The van der Waals surface area contributed by atoms with Crippen molar-refractivity contribution >= 4 is 5.91 Å². The standard InChI is InChI=1S/C13H24N2O2/c1-3-6-14-12-9-17-8-11(12)13(16)15(2)7-10-4-5-10/h10-12,14H,3-9H2,1-2H3. The Bertz CT molecular complexity index is 266. The second-order valence-corrected chi connectivity index (χ2v) is 5.37. The molecule has 1 N–H and O–H groups in total. The first-order chi connectivity index (χ1) is 8.22. The topological polar surface area (TPSA) is 41.6 Å². The van der Waals surface area contributed by atoms with Gasteiger partial charge in [0.1, 0.15) is 0 Å². The van der Waals surface area contributed by atoms with E-state index in [2.05, 4.69) is 12.2 Å². The number of nitrogens with one attached hydrogen (secondary N) is 1. The first-order valence-corrected chi connectivity index (χ1v) is 6.78. The van der Waals surface area contributed by atoms with Crippen LogP contribution < -0.4 is 5.32 Å². The van der Waals surface area contributed by atoms with Crippen molar-refractivity contribution < 1.29 is 9.53 Å². The minimum Gasteiger partial charge on any atom is -0.379 e. The second-order valence-electron chi connectivity index (χ2n) is 5.37. The van der Waals surface area contributed by atoms with Crippen LogP contribution in [0.3, 0.4) is 0 Å². The number of carbonyl (C=O) groups excluding carboxylic acids is 1. The fraction of sp³-hybridized carbons (Fsp3) is 0.923. The maximum atomic E-state index is 12.3. The molecule has 98 valence electrons. The van der Waals surface area contributed by atoms with Crippen LogP contribution in [-0.4, -0.2) is 50.2 Å². The summed E-state index contributed by atoms with van der Waals surface area (Å²) in [5.74, 6) is 1.03. The highest BCUT2D eigenvalue weighted by molar-refractivity contribution is 5.79. The van der Waals surface area contributed by atoms with Crippen LogP contribution in [0.4, 0.5) is 0 Å². The quantitative estimate of drug-likeness (QED) is 0.749. The average molecular weight is 240 g/mol. The van der Waals surface area contributed by atoms with Gasteiger partial charge >= 0.3 is 0 Å². The van der Waals surface area contributed by atoms with Gasteiger partial charge in [0.2, 0.25) is 5.91 Å². The van der Waals surface area contributed by atoms with Gasteiger partial charge < -0.3 is 15.0 Å². The van der Waals surface area contributed by atoms with Gasteiger partial charge in [0.25, 0.3) is 0 Å². The Morgan fingerprint density at radius 2 is 2.18 bits per heavy atom. The van der Waals surface area contributed by atoms with Crippen LogP contribution in [0.25, 0.3) is 0 Å². The molecule has 2 rings (SSSR count). The molecule has 1 saturated carbocycles. The highest BCUT2D eigenvalue weighted by Crippen LogP contribution is 2.30. The maximum absolute atomic E-state index is 12.3. The van der Waals surface area contributed by atoms with E-state index in [1.165, 1.54) is 12.8 Å². The van der Waals surface area contributed by atoms with Gasteiger partial charge in [-0.05, 0) is 31.7 Å². The van der Waals surface area contributed by atoms with Crippen LogP contribution in [-0.2, 0) is 9.53 Å². The highest BCUT2D eigenvalue weighted by Gasteiger charge is 2.36. The fourth-order valence-corrected chi connectivity index (χ4v) is 2.39. The average Bonchev–Trinajstić information content (AvgIpc) is 3.01. The van der Waals surface area contributed by atoms with E-state index in [1.54, 1.807) is 0 Å². The normalized spacial score (nSPS) is 28.4. The van der Waals surface area contributed by atoms with Gasteiger partial charge in [-0.2, -0.15) is 0 Å². The van der Waals surface area contributed by atoms with Gasteiger partial charge in [-0.15, -0.1) is 0 Å². The zero-order valence-electron chi connectivity index (χ0n) is 10.9. The van der Waals surface area contributed by atoms with Crippen LogP contribution >= 0.6 is 0 Å². The van der Waals surface area contributed by atoms with Crippen molar-refractivity contribution in [3.8, 4) is 0 Å². The Balaban J connectivity index is 1.83. The van der Waals surface area contributed by atoms with E-state index in [-0.39, 0.29) is 17.9 Å². The molecule has 2 unspecified atom stereocenters. The lowest BCUT2D eigenvalue weighted by Gasteiger charge is -2.24. The van der Waals surface area contributed by atoms with Crippen molar-refractivity contribution in [3.05, 3.63) is 0 Å². The third-order valence-electron chi connectivity index (χ3n) is 3.66. The van der Waals surface area contributed by atoms with Gasteiger partial charge in [-0.1, -0.05) is 6.92 Å². The Kier molecular flexibility index (Phi) is 4.40. The summed E-state index contributed by atoms with van der Waals surface area (Å²) in [6.45, 7) is 5.28. The summed E-state index contributed by atoms with van der Waals surface area (Å²) in [4.78, 5) is 14.2. The lowest BCUT2D eigenvalue weighted by molar-refractivity contribution is -0.134. The molecule has 17 heavy (non-hydrogen) atoms. The minimum atomic E-state index is 0.0188. The molecule has 1 aliphatic carbocycles. The number of amides is 1. The van der Waals surface area contributed by atoms with E-state index in [1.807, 2.05) is 11.9 Å². The smallest absolute Gasteiger partial charge is 0.229 e. The van der Waals surface area contributed by atoms with Gasteiger partial charge in [-0.25, -0.2) is 0 Å². The zero-order valence-corrected chi connectivity index (χ0v) is 10.9. The predicted octanol–water partition coefficient (Wildman–Crippen LogP) is 0.869. The molecule has 0 radical (unpaired) electrons.